The number of amides is 2. The average Bonchev–Trinajstić information content (AvgIpc) is 3.42. The minimum atomic E-state index is -0.610. The predicted molar refractivity (Wildman–Crippen MR) is 150 cm³/mol. The summed E-state index contributed by atoms with van der Waals surface area (Å²) in [6.07, 6.45) is 25.3. The van der Waals surface area contributed by atoms with E-state index in [9.17, 15) is 9.59 Å². The van der Waals surface area contributed by atoms with E-state index in [1.54, 1.807) is 24.5 Å². The molecule has 0 fully saturated rings. The number of hydrogen-bond donors (Lipinski definition) is 2. The highest BCUT2D eigenvalue weighted by atomic mass is 16.6. The highest BCUT2D eigenvalue weighted by molar-refractivity contribution is 5.95. The van der Waals surface area contributed by atoms with E-state index in [2.05, 4.69) is 22.7 Å². The number of rotatable bonds is 21. The van der Waals surface area contributed by atoms with E-state index >= 15 is 0 Å². The van der Waals surface area contributed by atoms with E-state index < -0.39 is 6.09 Å². The lowest BCUT2D eigenvalue weighted by atomic mass is 10.0. The van der Waals surface area contributed by atoms with Crippen LogP contribution in [-0.2, 0) is 11.3 Å². The van der Waals surface area contributed by atoms with Gasteiger partial charge in [0.15, 0.2) is 0 Å². The third-order valence-corrected chi connectivity index (χ3v) is 6.66. The monoisotopic (exact) mass is 512 g/mol. The first-order valence-electron chi connectivity index (χ1n) is 14.5. The number of imidazole rings is 1. The minimum absolute atomic E-state index is 0.0170. The number of carbonyl (C=O) groups is 2. The third-order valence-electron chi connectivity index (χ3n) is 6.66. The van der Waals surface area contributed by atoms with Crippen molar-refractivity contribution in [3.05, 3.63) is 54.1 Å². The van der Waals surface area contributed by atoms with E-state index in [1.807, 2.05) is 12.1 Å². The summed E-state index contributed by atoms with van der Waals surface area (Å²) >= 11 is 0. The molecule has 1 heterocycles. The van der Waals surface area contributed by atoms with Crippen LogP contribution in [0, 0.1) is 0 Å². The van der Waals surface area contributed by atoms with Gasteiger partial charge in [0.1, 0.15) is 12.9 Å². The Bertz CT molecular complexity index is 854. The molecule has 7 nitrogen and oxygen atoms in total. The van der Waals surface area contributed by atoms with Crippen molar-refractivity contribution in [2.75, 3.05) is 12.0 Å². The summed E-state index contributed by atoms with van der Waals surface area (Å²) in [7, 11) is 0. The molecule has 1 aromatic heterocycles. The molecule has 0 unspecified atom stereocenters. The molecule has 0 saturated heterocycles. The fraction of sp³-hybridized carbons (Fsp3) is 0.633. The van der Waals surface area contributed by atoms with Gasteiger partial charge in [-0.15, -0.1) is 0 Å². The molecule has 0 aliphatic rings. The molecule has 0 radical (unpaired) electrons. The number of hydrogen-bond acceptors (Lipinski definition) is 4. The van der Waals surface area contributed by atoms with Gasteiger partial charge in [0.05, 0.1) is 0 Å². The molecule has 2 N–H and O–H groups in total. The summed E-state index contributed by atoms with van der Waals surface area (Å²) in [5.74, 6) is -0.129. The number of nitrogens with one attached hydrogen (secondary N) is 2. The molecule has 7 heteroatoms. The lowest BCUT2D eigenvalue weighted by molar-refractivity contribution is 0.0947. The Labute approximate surface area is 223 Å². The smallest absolute Gasteiger partial charge is 0.426 e. The predicted octanol–water partition coefficient (Wildman–Crippen LogP) is 7.75. The van der Waals surface area contributed by atoms with Crippen LogP contribution in [0.2, 0.25) is 0 Å². The molecule has 2 rings (SSSR count). The number of nitrogens with zero attached hydrogens (tertiary/aromatic N) is 2. The van der Waals surface area contributed by atoms with Crippen LogP contribution in [0.15, 0.2) is 43.0 Å². The zero-order chi connectivity index (χ0) is 26.4. The van der Waals surface area contributed by atoms with Crippen molar-refractivity contribution in [1.29, 1.82) is 0 Å². The molecule has 0 atom stereocenters. The standard InChI is InChI=1S/C30H48N4O3/c1-2-3-4-5-6-7-8-9-10-11-12-13-14-15-16-19-22-32-29(35)28-21-18-17-20-27(28)25-37-30(36)33-34-24-23-31-26-34/h17-18,20-21,23-24,26H,2-16,19,22,25H2,1H3,(H,32,35)(H,33,36). The van der Waals surface area contributed by atoms with E-state index in [-0.39, 0.29) is 12.5 Å². The van der Waals surface area contributed by atoms with Crippen LogP contribution in [0.5, 0.6) is 0 Å². The SMILES string of the molecule is CCCCCCCCCCCCCCCCCCNC(=O)c1ccccc1COC(=O)Nn1ccnc1. The second-order valence-corrected chi connectivity index (χ2v) is 9.87. The number of unbranched alkanes of at least 4 members (excludes halogenated alkanes) is 15. The Morgan fingerprint density at radius 3 is 1.95 bits per heavy atom. The van der Waals surface area contributed by atoms with Crippen molar-refractivity contribution in [3.8, 4) is 0 Å². The zero-order valence-electron chi connectivity index (χ0n) is 22.9. The topological polar surface area (TPSA) is 85.2 Å². The van der Waals surface area contributed by atoms with E-state index in [0.29, 0.717) is 17.7 Å². The fourth-order valence-electron chi connectivity index (χ4n) is 4.44. The fourth-order valence-corrected chi connectivity index (χ4v) is 4.44. The van der Waals surface area contributed by atoms with Crippen molar-refractivity contribution < 1.29 is 14.3 Å². The van der Waals surface area contributed by atoms with E-state index in [4.69, 9.17) is 4.74 Å². The maximum absolute atomic E-state index is 12.6. The average molecular weight is 513 g/mol. The summed E-state index contributed by atoms with van der Waals surface area (Å²) in [5, 5.41) is 3.01. The van der Waals surface area contributed by atoms with Crippen LogP contribution in [-0.4, -0.2) is 28.2 Å². The van der Waals surface area contributed by atoms with Gasteiger partial charge in [-0.3, -0.25) is 4.79 Å². The molecule has 2 amide bonds. The molecule has 0 aliphatic heterocycles. The van der Waals surface area contributed by atoms with Crippen LogP contribution in [0.25, 0.3) is 0 Å². The van der Waals surface area contributed by atoms with Crippen LogP contribution in [0.3, 0.4) is 0 Å². The van der Waals surface area contributed by atoms with Crippen molar-refractivity contribution in [2.24, 2.45) is 0 Å². The second kappa shape index (κ2) is 20.3. The summed E-state index contributed by atoms with van der Waals surface area (Å²) in [4.78, 5) is 28.4. The largest absolute Gasteiger partial charge is 0.443 e. The Balaban J connectivity index is 1.45. The molecule has 2 aromatic rings. The van der Waals surface area contributed by atoms with Crippen molar-refractivity contribution in [2.45, 2.75) is 116 Å². The van der Waals surface area contributed by atoms with Gasteiger partial charge in [-0.25, -0.2) is 19.9 Å². The molecule has 0 saturated carbocycles. The molecule has 206 valence electrons. The van der Waals surface area contributed by atoms with Crippen LogP contribution in [0.1, 0.15) is 126 Å². The maximum atomic E-state index is 12.6. The summed E-state index contributed by atoms with van der Waals surface area (Å²) in [5.41, 5.74) is 3.73. The third kappa shape index (κ3) is 14.5. The highest BCUT2D eigenvalue weighted by Gasteiger charge is 2.12. The number of benzene rings is 1. The van der Waals surface area contributed by atoms with Gasteiger partial charge >= 0.3 is 6.09 Å². The normalized spacial score (nSPS) is 10.8. The van der Waals surface area contributed by atoms with Crippen molar-refractivity contribution >= 4 is 12.0 Å². The van der Waals surface area contributed by atoms with Crippen LogP contribution < -0.4 is 10.7 Å². The molecule has 0 aliphatic carbocycles. The minimum Gasteiger partial charge on any atom is -0.443 e. The summed E-state index contributed by atoms with van der Waals surface area (Å²) in [6.45, 7) is 2.95. The number of ether oxygens (including phenoxy) is 1. The number of carbonyl (C=O) groups excluding carboxylic acids is 2. The van der Waals surface area contributed by atoms with Gasteiger partial charge in [-0.2, -0.15) is 0 Å². The van der Waals surface area contributed by atoms with E-state index in [1.165, 1.54) is 101 Å². The Kier molecular flexibility index (Phi) is 16.6. The molecular formula is C30H48N4O3. The Hall–Kier alpha value is -2.83. The van der Waals surface area contributed by atoms with Gasteiger partial charge in [-0.05, 0) is 12.5 Å². The second-order valence-electron chi connectivity index (χ2n) is 9.87. The van der Waals surface area contributed by atoms with Crippen LogP contribution >= 0.6 is 0 Å². The molecule has 0 bridgehead atoms. The Morgan fingerprint density at radius 2 is 1.38 bits per heavy atom. The molecule has 0 spiro atoms. The summed E-state index contributed by atoms with van der Waals surface area (Å²) < 4.78 is 6.65. The maximum Gasteiger partial charge on any atom is 0.426 e. The van der Waals surface area contributed by atoms with Gasteiger partial charge in [-0.1, -0.05) is 121 Å². The van der Waals surface area contributed by atoms with Crippen molar-refractivity contribution in [1.82, 2.24) is 15.0 Å². The quantitative estimate of drug-likeness (QED) is 0.167. The van der Waals surface area contributed by atoms with Crippen molar-refractivity contribution in [3.63, 3.8) is 0 Å². The summed E-state index contributed by atoms with van der Waals surface area (Å²) in [6, 6.07) is 7.21. The Morgan fingerprint density at radius 1 is 0.811 bits per heavy atom. The molecular weight excluding hydrogens is 464 g/mol. The molecule has 37 heavy (non-hydrogen) atoms. The first-order chi connectivity index (χ1) is 18.2. The first kappa shape index (κ1) is 30.4. The van der Waals surface area contributed by atoms with Gasteiger partial charge in [0, 0.05) is 30.1 Å². The van der Waals surface area contributed by atoms with Gasteiger partial charge < -0.3 is 10.1 Å². The number of aromatic nitrogens is 2. The van der Waals surface area contributed by atoms with E-state index in [0.717, 1.165) is 12.8 Å². The van der Waals surface area contributed by atoms with Crippen LogP contribution in [0.4, 0.5) is 4.79 Å². The molecule has 1 aromatic carbocycles. The lowest BCUT2D eigenvalue weighted by Gasteiger charge is -2.11. The lowest BCUT2D eigenvalue weighted by Crippen LogP contribution is -2.26. The van der Waals surface area contributed by atoms with Gasteiger partial charge in [0.2, 0.25) is 0 Å². The van der Waals surface area contributed by atoms with Gasteiger partial charge in [0.25, 0.3) is 5.91 Å². The zero-order valence-corrected chi connectivity index (χ0v) is 22.9. The highest BCUT2D eigenvalue weighted by Crippen LogP contribution is 2.14. The first-order valence-corrected chi connectivity index (χ1v) is 14.5.